The van der Waals surface area contributed by atoms with Crippen molar-refractivity contribution in [3.8, 4) is 0 Å². The topological polar surface area (TPSA) is 63.4 Å². The first-order chi connectivity index (χ1) is 10.6. The van der Waals surface area contributed by atoms with E-state index in [4.69, 9.17) is 0 Å². The number of hydrogen-bond acceptors (Lipinski definition) is 4. The van der Waals surface area contributed by atoms with Crippen LogP contribution in [0.5, 0.6) is 0 Å². The molecule has 0 radical (unpaired) electrons. The normalized spacial score (nSPS) is 16.4. The number of hydrogen-bond donors (Lipinski definition) is 0. The van der Waals surface area contributed by atoms with E-state index in [0.29, 0.717) is 6.42 Å². The van der Waals surface area contributed by atoms with Gasteiger partial charge >= 0.3 is 0 Å². The van der Waals surface area contributed by atoms with Crippen molar-refractivity contribution in [2.75, 3.05) is 13.1 Å². The van der Waals surface area contributed by atoms with Crippen molar-refractivity contribution >= 4 is 11.6 Å². The molecule has 22 heavy (non-hydrogen) atoms. The number of nitrogens with zero attached hydrogens (tertiary/aromatic N) is 5. The summed E-state index contributed by atoms with van der Waals surface area (Å²) in [4.78, 5) is 14.4. The van der Waals surface area contributed by atoms with Gasteiger partial charge in [0.05, 0.1) is 5.69 Å². The van der Waals surface area contributed by atoms with Gasteiger partial charge in [-0.05, 0) is 44.6 Å². The number of carbonyl (C=O) groups excluding carboxylic acids is 1. The highest BCUT2D eigenvalue weighted by atomic mass is 16.2. The molecule has 1 fully saturated rings. The van der Waals surface area contributed by atoms with E-state index in [0.717, 1.165) is 60.7 Å². The number of rotatable bonds is 3. The van der Waals surface area contributed by atoms with E-state index in [2.05, 4.69) is 22.2 Å². The highest BCUT2D eigenvalue weighted by Gasteiger charge is 2.21. The molecule has 2 aromatic heterocycles. The summed E-state index contributed by atoms with van der Waals surface area (Å²) in [6.07, 6.45) is 5.12. The summed E-state index contributed by atoms with van der Waals surface area (Å²) in [6.45, 7) is 8.07. The van der Waals surface area contributed by atoms with E-state index >= 15 is 0 Å². The van der Waals surface area contributed by atoms with Crippen molar-refractivity contribution in [1.29, 1.82) is 0 Å². The van der Waals surface area contributed by atoms with Crippen molar-refractivity contribution in [1.82, 2.24) is 24.7 Å². The molecule has 3 heterocycles. The Morgan fingerprint density at radius 2 is 2.05 bits per heavy atom. The number of likely N-dealkylation sites (tertiary alicyclic amines) is 1. The van der Waals surface area contributed by atoms with Crippen LogP contribution in [0.3, 0.4) is 0 Å². The molecule has 0 aliphatic carbocycles. The van der Waals surface area contributed by atoms with Crippen molar-refractivity contribution < 1.29 is 4.79 Å². The van der Waals surface area contributed by atoms with Gasteiger partial charge in [-0.15, -0.1) is 10.2 Å². The smallest absolute Gasteiger partial charge is 0.222 e. The molecule has 118 valence electrons. The number of amides is 1. The largest absolute Gasteiger partial charge is 0.343 e. The Balaban J connectivity index is 1.70. The lowest BCUT2D eigenvalue weighted by molar-refractivity contribution is -0.132. The summed E-state index contributed by atoms with van der Waals surface area (Å²) < 4.78 is 1.70. The van der Waals surface area contributed by atoms with Gasteiger partial charge in [0.1, 0.15) is 6.33 Å². The van der Waals surface area contributed by atoms with Crippen LogP contribution in [-0.2, 0) is 11.2 Å². The van der Waals surface area contributed by atoms with Crippen LogP contribution >= 0.6 is 0 Å². The fourth-order valence-corrected chi connectivity index (χ4v) is 3.19. The van der Waals surface area contributed by atoms with Crippen LogP contribution < -0.4 is 0 Å². The Morgan fingerprint density at radius 1 is 1.32 bits per heavy atom. The van der Waals surface area contributed by atoms with E-state index in [9.17, 15) is 4.79 Å². The molecule has 0 bridgehead atoms. The third-order valence-electron chi connectivity index (χ3n) is 4.74. The molecule has 0 atom stereocenters. The van der Waals surface area contributed by atoms with Gasteiger partial charge in [-0.2, -0.15) is 5.10 Å². The highest BCUT2D eigenvalue weighted by molar-refractivity contribution is 5.76. The zero-order chi connectivity index (χ0) is 15.7. The van der Waals surface area contributed by atoms with E-state index in [1.54, 1.807) is 10.8 Å². The van der Waals surface area contributed by atoms with Crippen molar-refractivity contribution in [2.45, 2.75) is 46.5 Å². The third-order valence-corrected chi connectivity index (χ3v) is 4.74. The molecule has 1 aliphatic heterocycles. The number of piperidine rings is 1. The highest BCUT2D eigenvalue weighted by Crippen LogP contribution is 2.20. The van der Waals surface area contributed by atoms with Crippen molar-refractivity contribution in [3.05, 3.63) is 23.1 Å². The van der Waals surface area contributed by atoms with Crippen LogP contribution in [0.15, 0.2) is 6.33 Å². The first-order valence-corrected chi connectivity index (χ1v) is 8.00. The fourth-order valence-electron chi connectivity index (χ4n) is 3.19. The predicted octanol–water partition coefficient (Wildman–Crippen LogP) is 1.93. The lowest BCUT2D eigenvalue weighted by atomic mass is 9.98. The van der Waals surface area contributed by atoms with Gasteiger partial charge in [0.25, 0.3) is 0 Å². The first-order valence-electron chi connectivity index (χ1n) is 8.00. The Kier molecular flexibility index (Phi) is 4.09. The monoisotopic (exact) mass is 301 g/mol. The predicted molar refractivity (Wildman–Crippen MR) is 83.6 cm³/mol. The molecule has 0 spiro atoms. The van der Waals surface area contributed by atoms with Crippen LogP contribution in [0.2, 0.25) is 0 Å². The maximum absolute atomic E-state index is 12.4. The Hall–Kier alpha value is -1.98. The second-order valence-electron chi connectivity index (χ2n) is 6.35. The Morgan fingerprint density at radius 3 is 2.77 bits per heavy atom. The zero-order valence-corrected chi connectivity index (χ0v) is 13.5. The molecule has 0 unspecified atom stereocenters. The molecule has 0 aromatic carbocycles. The maximum atomic E-state index is 12.4. The van der Waals surface area contributed by atoms with Gasteiger partial charge in [0.2, 0.25) is 5.91 Å². The molecule has 6 heteroatoms. The molecule has 0 saturated carbocycles. The SMILES string of the molecule is Cc1nn2cnnc2c(C)c1CCC(=O)N1CCC(C)CC1. The maximum Gasteiger partial charge on any atom is 0.222 e. The number of aromatic nitrogens is 4. The summed E-state index contributed by atoms with van der Waals surface area (Å²) in [6, 6.07) is 0. The minimum Gasteiger partial charge on any atom is -0.343 e. The van der Waals surface area contributed by atoms with Crippen LogP contribution in [0.1, 0.15) is 43.0 Å². The third kappa shape index (κ3) is 2.82. The number of carbonyl (C=O) groups is 1. The minimum atomic E-state index is 0.257. The summed E-state index contributed by atoms with van der Waals surface area (Å²) >= 11 is 0. The Bertz CT molecular complexity index is 685. The van der Waals surface area contributed by atoms with Gasteiger partial charge in [0.15, 0.2) is 5.65 Å². The van der Waals surface area contributed by atoms with Gasteiger partial charge in [-0.25, -0.2) is 4.52 Å². The van der Waals surface area contributed by atoms with Crippen LogP contribution in [0.25, 0.3) is 5.65 Å². The first kappa shape index (κ1) is 14.9. The zero-order valence-electron chi connectivity index (χ0n) is 13.5. The van der Waals surface area contributed by atoms with Crippen molar-refractivity contribution in [2.24, 2.45) is 5.92 Å². The van der Waals surface area contributed by atoms with E-state index in [-0.39, 0.29) is 5.91 Å². The fraction of sp³-hybridized carbons (Fsp3) is 0.625. The molecule has 1 aliphatic rings. The minimum absolute atomic E-state index is 0.257. The van der Waals surface area contributed by atoms with Gasteiger partial charge in [-0.1, -0.05) is 6.92 Å². The standard InChI is InChI=1S/C16H23N5O/c1-11-6-8-20(9-7-11)15(22)5-4-14-12(2)16-18-17-10-21(16)19-13(14)3/h10-11H,4-9H2,1-3H3. The quantitative estimate of drug-likeness (QED) is 0.869. The van der Waals surface area contributed by atoms with Gasteiger partial charge in [-0.3, -0.25) is 4.79 Å². The van der Waals surface area contributed by atoms with Crippen molar-refractivity contribution in [3.63, 3.8) is 0 Å². The molecule has 1 saturated heterocycles. The summed E-state index contributed by atoms with van der Waals surface area (Å²) in [5, 5.41) is 12.5. The summed E-state index contributed by atoms with van der Waals surface area (Å²) in [5.74, 6) is 1.00. The Labute approximate surface area is 130 Å². The lowest BCUT2D eigenvalue weighted by Crippen LogP contribution is -2.38. The van der Waals surface area contributed by atoms with Gasteiger partial charge < -0.3 is 4.90 Å². The average Bonchev–Trinajstić information content (AvgIpc) is 2.96. The second kappa shape index (κ2) is 6.02. The molecule has 6 nitrogen and oxygen atoms in total. The van der Waals surface area contributed by atoms with Crippen LogP contribution in [0.4, 0.5) is 0 Å². The lowest BCUT2D eigenvalue weighted by Gasteiger charge is -2.30. The molecule has 1 amide bonds. The van der Waals surface area contributed by atoms with Crippen LogP contribution in [-0.4, -0.2) is 43.7 Å². The summed E-state index contributed by atoms with van der Waals surface area (Å²) in [7, 11) is 0. The molecule has 0 N–H and O–H groups in total. The van der Waals surface area contributed by atoms with E-state index in [1.807, 2.05) is 18.7 Å². The second-order valence-corrected chi connectivity index (χ2v) is 6.35. The molecular formula is C16H23N5O. The van der Waals surface area contributed by atoms with E-state index < -0.39 is 0 Å². The number of aryl methyl sites for hydroxylation is 2. The number of fused-ring (bicyclic) bond motifs is 1. The van der Waals surface area contributed by atoms with E-state index in [1.165, 1.54) is 0 Å². The molecule has 3 rings (SSSR count). The molecule has 2 aromatic rings. The average molecular weight is 301 g/mol. The molecular weight excluding hydrogens is 278 g/mol. The summed E-state index contributed by atoms with van der Waals surface area (Å²) in [5.41, 5.74) is 3.93. The van der Waals surface area contributed by atoms with Gasteiger partial charge in [0, 0.05) is 25.1 Å². The van der Waals surface area contributed by atoms with Crippen LogP contribution in [0, 0.1) is 19.8 Å².